The summed E-state index contributed by atoms with van der Waals surface area (Å²) in [5.74, 6) is -0.899. The Kier molecular flexibility index (Phi) is 63.3. The summed E-state index contributed by atoms with van der Waals surface area (Å²) in [5.41, 5.74) is 0. The molecule has 1 unspecified atom stereocenters. The number of esters is 3. The van der Waals surface area contributed by atoms with Crippen molar-refractivity contribution in [3.05, 3.63) is 109 Å². The lowest BCUT2D eigenvalue weighted by atomic mass is 10.1. The van der Waals surface area contributed by atoms with Gasteiger partial charge in [0.05, 0.1) is 0 Å². The Balaban J connectivity index is 4.32. The number of allylic oxidation sites excluding steroid dienone is 18. The lowest BCUT2D eigenvalue weighted by Crippen LogP contribution is -2.30. The third kappa shape index (κ3) is 64.8. The first-order valence-corrected chi connectivity index (χ1v) is 33.4. The van der Waals surface area contributed by atoms with Gasteiger partial charge in [-0.05, 0) is 122 Å². The van der Waals surface area contributed by atoms with Gasteiger partial charge in [-0.1, -0.05) is 284 Å². The second-order valence-electron chi connectivity index (χ2n) is 22.0. The van der Waals surface area contributed by atoms with E-state index >= 15 is 0 Å². The SMILES string of the molecule is CC/C=C\C/C=C\C/C=C\C/C=C\C/C=C\C/C=C\CCCCCCCCCCCCC(=O)OCC(COC(=O)CCCCCCC/C=C\C/C=C\CCCC)OC(=O)CCCCCCCCC/C=C\CCCCCCCCC. The zero-order valence-electron chi connectivity index (χ0n) is 51.9. The Morgan fingerprint density at radius 3 is 0.823 bits per heavy atom. The van der Waals surface area contributed by atoms with Gasteiger partial charge in [0.15, 0.2) is 6.10 Å². The number of hydrogen-bond acceptors (Lipinski definition) is 6. The van der Waals surface area contributed by atoms with E-state index in [0.29, 0.717) is 19.3 Å². The highest BCUT2D eigenvalue weighted by molar-refractivity contribution is 5.71. The van der Waals surface area contributed by atoms with Gasteiger partial charge in [-0.15, -0.1) is 0 Å². The molecular weight excluding hydrogens is 973 g/mol. The summed E-state index contributed by atoms with van der Waals surface area (Å²) in [4.78, 5) is 38.4. The lowest BCUT2D eigenvalue weighted by Gasteiger charge is -2.18. The van der Waals surface area contributed by atoms with E-state index in [-0.39, 0.29) is 31.1 Å². The van der Waals surface area contributed by atoms with Crippen molar-refractivity contribution in [2.45, 2.75) is 322 Å². The third-order valence-corrected chi connectivity index (χ3v) is 14.2. The van der Waals surface area contributed by atoms with Crippen molar-refractivity contribution in [3.63, 3.8) is 0 Å². The molecule has 0 aliphatic heterocycles. The van der Waals surface area contributed by atoms with Crippen molar-refractivity contribution >= 4 is 17.9 Å². The molecule has 0 fully saturated rings. The molecule has 0 aromatic heterocycles. The van der Waals surface area contributed by atoms with Gasteiger partial charge in [-0.2, -0.15) is 0 Å². The minimum absolute atomic E-state index is 0.0862. The highest BCUT2D eigenvalue weighted by Gasteiger charge is 2.19. The van der Waals surface area contributed by atoms with Gasteiger partial charge >= 0.3 is 17.9 Å². The normalized spacial score (nSPS) is 12.8. The maximum absolute atomic E-state index is 12.9. The fourth-order valence-electron chi connectivity index (χ4n) is 9.22. The molecule has 0 spiro atoms. The van der Waals surface area contributed by atoms with Gasteiger partial charge < -0.3 is 14.2 Å². The van der Waals surface area contributed by atoms with Gasteiger partial charge in [-0.25, -0.2) is 0 Å². The van der Waals surface area contributed by atoms with Crippen LogP contribution in [0.1, 0.15) is 316 Å². The van der Waals surface area contributed by atoms with Crippen LogP contribution in [0.5, 0.6) is 0 Å². The molecule has 0 aliphatic rings. The first kappa shape index (κ1) is 75.1. The van der Waals surface area contributed by atoms with Gasteiger partial charge in [0.1, 0.15) is 13.2 Å². The standard InChI is InChI=1S/C73H124O6/c1-4-7-10-13-16-19-22-25-28-30-32-33-34-35-36-37-38-39-40-41-42-44-45-48-51-54-57-60-63-66-72(75)78-69-70(68-77-71(74)65-62-59-56-53-50-47-27-24-21-18-15-12-9-6-3)79-73(76)67-64-61-58-55-52-49-46-43-31-29-26-23-20-17-14-11-8-5-2/h7,10,15-16,18-19,24-25,27-29,31-33,35-36,38-39,70H,4-6,8-9,11-14,17,20-23,26,30,34,37,40-69H2,1-3H3/b10-7-,18-15-,19-16-,27-24-,28-25-,31-29-,33-32-,36-35-,39-38-. The molecule has 0 bridgehead atoms. The average Bonchev–Trinajstić information content (AvgIpc) is 3.45. The van der Waals surface area contributed by atoms with Crippen molar-refractivity contribution in [1.29, 1.82) is 0 Å². The molecule has 0 amide bonds. The molecule has 79 heavy (non-hydrogen) atoms. The van der Waals surface area contributed by atoms with Crippen molar-refractivity contribution in [1.82, 2.24) is 0 Å². The van der Waals surface area contributed by atoms with Gasteiger partial charge in [0, 0.05) is 19.3 Å². The maximum atomic E-state index is 12.9. The molecule has 452 valence electrons. The van der Waals surface area contributed by atoms with Crippen LogP contribution in [0.25, 0.3) is 0 Å². The zero-order valence-corrected chi connectivity index (χ0v) is 51.9. The van der Waals surface area contributed by atoms with Gasteiger partial charge in [0.2, 0.25) is 0 Å². The summed E-state index contributed by atoms with van der Waals surface area (Å²) in [6, 6.07) is 0. The molecule has 0 radical (unpaired) electrons. The summed E-state index contributed by atoms with van der Waals surface area (Å²) in [6.45, 7) is 6.49. The number of carbonyl (C=O) groups excluding carboxylic acids is 3. The van der Waals surface area contributed by atoms with Crippen molar-refractivity contribution < 1.29 is 28.6 Å². The fraction of sp³-hybridized carbons (Fsp3) is 0.712. The van der Waals surface area contributed by atoms with Crippen LogP contribution < -0.4 is 0 Å². The van der Waals surface area contributed by atoms with Gasteiger partial charge in [0.25, 0.3) is 0 Å². The second kappa shape index (κ2) is 66.6. The first-order chi connectivity index (χ1) is 39.0. The van der Waals surface area contributed by atoms with E-state index in [0.717, 1.165) is 122 Å². The molecule has 0 saturated heterocycles. The quantitative estimate of drug-likeness (QED) is 0.0261. The molecule has 6 heteroatoms. The Labute approximate surface area is 489 Å². The van der Waals surface area contributed by atoms with Crippen molar-refractivity contribution in [2.24, 2.45) is 0 Å². The maximum Gasteiger partial charge on any atom is 0.306 e. The van der Waals surface area contributed by atoms with E-state index in [1.807, 2.05) is 0 Å². The number of rotatable bonds is 60. The first-order valence-electron chi connectivity index (χ1n) is 33.4. The van der Waals surface area contributed by atoms with Crippen LogP contribution in [-0.2, 0) is 28.6 Å². The fourth-order valence-corrected chi connectivity index (χ4v) is 9.22. The Hall–Kier alpha value is -3.93. The molecule has 0 aliphatic carbocycles. The summed E-state index contributed by atoms with van der Waals surface area (Å²) in [6.07, 6.45) is 91.0. The molecule has 0 aromatic rings. The molecule has 0 heterocycles. The highest BCUT2D eigenvalue weighted by Crippen LogP contribution is 2.16. The molecule has 1 atom stereocenters. The predicted octanol–water partition coefficient (Wildman–Crippen LogP) is 23.0. The summed E-state index contributed by atoms with van der Waals surface area (Å²) < 4.78 is 16.9. The van der Waals surface area contributed by atoms with E-state index in [9.17, 15) is 14.4 Å². The summed E-state index contributed by atoms with van der Waals surface area (Å²) in [7, 11) is 0. The van der Waals surface area contributed by atoms with Crippen LogP contribution in [0.3, 0.4) is 0 Å². The van der Waals surface area contributed by atoms with E-state index < -0.39 is 6.10 Å². The molecule has 0 N–H and O–H groups in total. The smallest absolute Gasteiger partial charge is 0.306 e. The average molecular weight is 1100 g/mol. The van der Waals surface area contributed by atoms with Crippen LogP contribution in [0.2, 0.25) is 0 Å². The van der Waals surface area contributed by atoms with Gasteiger partial charge in [-0.3, -0.25) is 14.4 Å². The molecule has 0 aromatic carbocycles. The highest BCUT2D eigenvalue weighted by atomic mass is 16.6. The predicted molar refractivity (Wildman–Crippen MR) is 343 cm³/mol. The van der Waals surface area contributed by atoms with Crippen LogP contribution >= 0.6 is 0 Å². The van der Waals surface area contributed by atoms with Crippen molar-refractivity contribution in [2.75, 3.05) is 13.2 Å². The van der Waals surface area contributed by atoms with Crippen LogP contribution in [-0.4, -0.2) is 37.2 Å². The lowest BCUT2D eigenvalue weighted by molar-refractivity contribution is -0.167. The van der Waals surface area contributed by atoms with Crippen LogP contribution in [0.15, 0.2) is 109 Å². The number of unbranched alkanes of at least 4 members (excludes halogenated alkanes) is 31. The van der Waals surface area contributed by atoms with E-state index in [4.69, 9.17) is 14.2 Å². The minimum atomic E-state index is -0.790. The third-order valence-electron chi connectivity index (χ3n) is 14.2. The Morgan fingerprint density at radius 1 is 0.266 bits per heavy atom. The largest absolute Gasteiger partial charge is 0.462 e. The summed E-state index contributed by atoms with van der Waals surface area (Å²) in [5, 5.41) is 0. The monoisotopic (exact) mass is 1100 g/mol. The van der Waals surface area contributed by atoms with Crippen molar-refractivity contribution in [3.8, 4) is 0 Å². The zero-order chi connectivity index (χ0) is 57.1. The minimum Gasteiger partial charge on any atom is -0.462 e. The Morgan fingerprint density at radius 2 is 0.506 bits per heavy atom. The molecule has 0 saturated carbocycles. The summed E-state index contributed by atoms with van der Waals surface area (Å²) >= 11 is 0. The van der Waals surface area contributed by atoms with E-state index in [1.54, 1.807) is 0 Å². The van der Waals surface area contributed by atoms with Crippen LogP contribution in [0, 0.1) is 0 Å². The number of ether oxygens (including phenoxy) is 3. The molecular formula is C73H124O6. The topological polar surface area (TPSA) is 78.9 Å². The van der Waals surface area contributed by atoms with E-state index in [1.165, 1.54) is 154 Å². The molecule has 0 rings (SSSR count). The second-order valence-corrected chi connectivity index (χ2v) is 22.0. The molecule has 6 nitrogen and oxygen atoms in total. The number of carbonyl (C=O) groups is 3. The number of hydrogen-bond donors (Lipinski definition) is 0. The van der Waals surface area contributed by atoms with E-state index in [2.05, 4.69) is 130 Å². The van der Waals surface area contributed by atoms with Crippen LogP contribution in [0.4, 0.5) is 0 Å². The Bertz CT molecular complexity index is 1590.